The van der Waals surface area contributed by atoms with Crippen LogP contribution in [0.1, 0.15) is 0 Å². The predicted molar refractivity (Wildman–Crippen MR) is 231 cm³/mol. The molecule has 0 unspecified atom stereocenters. The van der Waals surface area contributed by atoms with Gasteiger partial charge >= 0.3 is 0 Å². The first kappa shape index (κ1) is 32.6. The van der Waals surface area contributed by atoms with E-state index in [1.54, 1.807) is 0 Å². The van der Waals surface area contributed by atoms with Gasteiger partial charge in [-0.25, -0.2) is 15.0 Å². The normalized spacial score (nSPS) is 11.3. The number of thiophene rings is 1. The minimum Gasteiger partial charge on any atom is -0.208 e. The lowest BCUT2D eigenvalue weighted by atomic mass is 9.96. The molecule has 2 aromatic heterocycles. The smallest absolute Gasteiger partial charge is 0.165 e. The topological polar surface area (TPSA) is 38.7 Å². The molecule has 3 nitrogen and oxygen atoms in total. The van der Waals surface area contributed by atoms with E-state index in [4.69, 9.17) is 15.0 Å². The first-order valence-electron chi connectivity index (χ1n) is 18.4. The Bertz CT molecular complexity index is 2940. The van der Waals surface area contributed by atoms with E-state index in [0.717, 1.165) is 38.1 Å². The number of nitrogens with zero attached hydrogens (tertiary/aromatic N) is 3. The molecule has 10 rings (SSSR count). The summed E-state index contributed by atoms with van der Waals surface area (Å²) >= 11 is 1.81. The first-order chi connectivity index (χ1) is 27.2. The van der Waals surface area contributed by atoms with Crippen molar-refractivity contribution in [2.24, 2.45) is 0 Å². The van der Waals surface area contributed by atoms with Crippen molar-refractivity contribution in [2.75, 3.05) is 0 Å². The van der Waals surface area contributed by atoms with Gasteiger partial charge in [0.1, 0.15) is 0 Å². The average Bonchev–Trinajstić information content (AvgIpc) is 3.66. The molecule has 0 aliphatic heterocycles. The van der Waals surface area contributed by atoms with Crippen molar-refractivity contribution in [1.82, 2.24) is 15.0 Å². The second-order valence-electron chi connectivity index (χ2n) is 13.6. The maximum atomic E-state index is 5.25. The second kappa shape index (κ2) is 14.1. The molecule has 0 saturated carbocycles. The van der Waals surface area contributed by atoms with Crippen molar-refractivity contribution in [3.05, 3.63) is 200 Å². The highest BCUT2D eigenvalue weighted by atomic mass is 32.1. The van der Waals surface area contributed by atoms with Gasteiger partial charge in [0, 0.05) is 42.4 Å². The lowest BCUT2D eigenvalue weighted by Crippen LogP contribution is -2.00. The van der Waals surface area contributed by atoms with E-state index in [9.17, 15) is 0 Å². The van der Waals surface area contributed by atoms with E-state index in [2.05, 4.69) is 188 Å². The van der Waals surface area contributed by atoms with Crippen molar-refractivity contribution in [2.45, 2.75) is 0 Å². The Labute approximate surface area is 323 Å². The van der Waals surface area contributed by atoms with Crippen LogP contribution in [0, 0.1) is 0 Å². The average molecular weight is 720 g/mol. The van der Waals surface area contributed by atoms with Crippen LogP contribution in [0.25, 0.3) is 98.8 Å². The fourth-order valence-corrected chi connectivity index (χ4v) is 8.70. The van der Waals surface area contributed by atoms with Crippen molar-refractivity contribution >= 4 is 31.5 Å². The van der Waals surface area contributed by atoms with E-state index in [1.807, 2.05) is 23.5 Å². The van der Waals surface area contributed by atoms with Gasteiger partial charge in [0.25, 0.3) is 0 Å². The van der Waals surface area contributed by atoms with Crippen molar-refractivity contribution < 1.29 is 0 Å². The third kappa shape index (κ3) is 6.29. The van der Waals surface area contributed by atoms with Gasteiger partial charge in [-0.2, -0.15) is 0 Å². The van der Waals surface area contributed by atoms with Gasteiger partial charge in [0.15, 0.2) is 17.5 Å². The summed E-state index contributed by atoms with van der Waals surface area (Å²) in [5.41, 5.74) is 12.2. The van der Waals surface area contributed by atoms with Gasteiger partial charge in [-0.05, 0) is 63.2 Å². The number of rotatable bonds is 7. The van der Waals surface area contributed by atoms with Gasteiger partial charge in [-0.15, -0.1) is 11.3 Å². The third-order valence-electron chi connectivity index (χ3n) is 10.1. The first-order valence-corrected chi connectivity index (χ1v) is 19.3. The third-order valence-corrected chi connectivity index (χ3v) is 11.4. The van der Waals surface area contributed by atoms with E-state index in [-0.39, 0.29) is 0 Å². The largest absolute Gasteiger partial charge is 0.208 e. The lowest BCUT2D eigenvalue weighted by Gasteiger charge is -2.11. The molecule has 0 aliphatic carbocycles. The summed E-state index contributed by atoms with van der Waals surface area (Å²) in [6.45, 7) is 0. The quantitative estimate of drug-likeness (QED) is 0.165. The highest BCUT2D eigenvalue weighted by molar-refractivity contribution is 7.26. The molecule has 0 N–H and O–H groups in total. The van der Waals surface area contributed by atoms with E-state index in [0.29, 0.717) is 17.5 Å². The monoisotopic (exact) mass is 719 g/mol. The molecule has 0 amide bonds. The summed E-state index contributed by atoms with van der Waals surface area (Å²) in [5, 5.41) is 2.41. The Hall–Kier alpha value is -7.01. The number of benzene rings is 8. The van der Waals surface area contributed by atoms with Crippen LogP contribution in [0.15, 0.2) is 200 Å². The summed E-state index contributed by atoms with van der Waals surface area (Å²) in [5.74, 6) is 1.93. The van der Waals surface area contributed by atoms with Gasteiger partial charge in [-0.1, -0.05) is 176 Å². The second-order valence-corrected chi connectivity index (χ2v) is 14.6. The van der Waals surface area contributed by atoms with Crippen molar-refractivity contribution in [3.8, 4) is 78.7 Å². The zero-order valence-corrected chi connectivity index (χ0v) is 30.6. The fourth-order valence-electron chi connectivity index (χ4n) is 7.37. The standard InChI is InChI=1S/C51H33N3S/c1-5-15-34(16-6-1)37-27-29-39(30-28-37)49-52-50(41-24-13-23-40(31-41)35-17-7-2-8-18-35)54-51(53-49)44-26-14-25-43-46-33-42(36-19-9-3-10-20-36)32-45(48(46)55-47(43)44)38-21-11-4-12-22-38/h1-33H. The van der Waals surface area contributed by atoms with E-state index >= 15 is 0 Å². The maximum absolute atomic E-state index is 5.25. The number of hydrogen-bond donors (Lipinski definition) is 0. The fraction of sp³-hybridized carbons (Fsp3) is 0. The van der Waals surface area contributed by atoms with Crippen LogP contribution >= 0.6 is 11.3 Å². The van der Waals surface area contributed by atoms with Crippen molar-refractivity contribution in [3.63, 3.8) is 0 Å². The van der Waals surface area contributed by atoms with Crippen LogP contribution in [0.2, 0.25) is 0 Å². The Morgan fingerprint density at radius 3 is 1.36 bits per heavy atom. The van der Waals surface area contributed by atoms with Crippen molar-refractivity contribution in [1.29, 1.82) is 0 Å². The molecule has 0 spiro atoms. The number of hydrogen-bond acceptors (Lipinski definition) is 4. The summed E-state index contributed by atoms with van der Waals surface area (Å²) in [6, 6.07) is 70.4. The zero-order valence-electron chi connectivity index (χ0n) is 29.8. The molecule has 0 fully saturated rings. The number of fused-ring (bicyclic) bond motifs is 3. The van der Waals surface area contributed by atoms with Gasteiger partial charge in [0.05, 0.1) is 0 Å². The Balaban J connectivity index is 1.18. The molecule has 8 aromatic carbocycles. The van der Waals surface area contributed by atoms with Crippen LogP contribution in [-0.2, 0) is 0 Å². The SMILES string of the molecule is c1ccc(-c2ccc(-c3nc(-c4cccc(-c5ccccc5)c4)nc(-c4cccc5c4sc4c(-c6ccccc6)cc(-c6ccccc6)cc45)n3)cc2)cc1. The summed E-state index contributed by atoms with van der Waals surface area (Å²) in [7, 11) is 0. The van der Waals surface area contributed by atoms with Gasteiger partial charge in [0.2, 0.25) is 0 Å². The molecule has 258 valence electrons. The molecule has 0 saturated heterocycles. The highest BCUT2D eigenvalue weighted by Crippen LogP contribution is 2.45. The molecule has 55 heavy (non-hydrogen) atoms. The summed E-state index contributed by atoms with van der Waals surface area (Å²) in [6.07, 6.45) is 0. The summed E-state index contributed by atoms with van der Waals surface area (Å²) < 4.78 is 2.40. The predicted octanol–water partition coefficient (Wildman–Crippen LogP) is 13.9. The molecule has 2 heterocycles. The van der Waals surface area contributed by atoms with Crippen LogP contribution in [0.4, 0.5) is 0 Å². The number of aromatic nitrogens is 3. The maximum Gasteiger partial charge on any atom is 0.165 e. The van der Waals surface area contributed by atoms with Crippen LogP contribution in [-0.4, -0.2) is 15.0 Å². The molecule has 0 aliphatic rings. The van der Waals surface area contributed by atoms with E-state index in [1.165, 1.54) is 43.3 Å². The van der Waals surface area contributed by atoms with Gasteiger partial charge in [-0.3, -0.25) is 0 Å². The van der Waals surface area contributed by atoms with Crippen LogP contribution in [0.3, 0.4) is 0 Å². The molecular weight excluding hydrogens is 687 g/mol. The molecule has 4 heteroatoms. The Morgan fingerprint density at radius 1 is 0.255 bits per heavy atom. The molecular formula is C51H33N3S. The Kier molecular flexibility index (Phi) is 8.36. The Morgan fingerprint density at radius 2 is 0.709 bits per heavy atom. The van der Waals surface area contributed by atoms with Gasteiger partial charge < -0.3 is 0 Å². The zero-order chi connectivity index (χ0) is 36.6. The minimum atomic E-state index is 0.638. The lowest BCUT2D eigenvalue weighted by molar-refractivity contribution is 1.08. The molecule has 0 atom stereocenters. The van der Waals surface area contributed by atoms with Crippen LogP contribution in [0.5, 0.6) is 0 Å². The molecule has 10 aromatic rings. The molecule has 0 radical (unpaired) electrons. The minimum absolute atomic E-state index is 0.638. The summed E-state index contributed by atoms with van der Waals surface area (Å²) in [4.78, 5) is 15.6. The van der Waals surface area contributed by atoms with E-state index < -0.39 is 0 Å². The molecule has 0 bridgehead atoms. The highest BCUT2D eigenvalue weighted by Gasteiger charge is 2.19. The van der Waals surface area contributed by atoms with Crippen LogP contribution < -0.4 is 0 Å².